The van der Waals surface area contributed by atoms with Crippen LogP contribution in [-0.2, 0) is 4.74 Å². The molecule has 0 spiro atoms. The minimum atomic E-state index is -0.382. The Hall–Kier alpha value is -1.62. The number of aromatic nitrogens is 1. The highest BCUT2D eigenvalue weighted by Crippen LogP contribution is 2.16. The van der Waals surface area contributed by atoms with Gasteiger partial charge in [-0.05, 0) is 31.4 Å². The third kappa shape index (κ3) is 4.21. The number of nitrogens with zero attached hydrogens (tertiary/aromatic N) is 1. The van der Waals surface area contributed by atoms with E-state index in [4.69, 9.17) is 5.11 Å². The summed E-state index contributed by atoms with van der Waals surface area (Å²) in [6.07, 6.45) is 0.664. The summed E-state index contributed by atoms with van der Waals surface area (Å²) in [5.74, 6) is 0.708. The van der Waals surface area contributed by atoms with Crippen molar-refractivity contribution >= 4 is 11.8 Å². The van der Waals surface area contributed by atoms with E-state index in [1.54, 1.807) is 19.1 Å². The Bertz CT molecular complexity index is 433. The number of hydrogen-bond acceptors (Lipinski definition) is 5. The Kier molecular flexibility index (Phi) is 5.76. The zero-order valence-electron chi connectivity index (χ0n) is 11.9. The molecular formula is C14H22N2O3. The summed E-state index contributed by atoms with van der Waals surface area (Å²) in [5, 5.41) is 12.3. The number of carbonyl (C=O) groups is 1. The summed E-state index contributed by atoms with van der Waals surface area (Å²) in [6.45, 7) is 6.08. The number of hydrogen-bond donors (Lipinski definition) is 2. The number of carbonyl (C=O) groups excluding carboxylic acids is 1. The van der Waals surface area contributed by atoms with Crippen LogP contribution in [0, 0.1) is 12.8 Å². The number of nitrogens with one attached hydrogen (secondary N) is 1. The van der Waals surface area contributed by atoms with Crippen LogP contribution in [0.2, 0.25) is 0 Å². The molecule has 2 N–H and O–H groups in total. The van der Waals surface area contributed by atoms with Gasteiger partial charge in [0.05, 0.1) is 18.4 Å². The van der Waals surface area contributed by atoms with E-state index in [1.807, 2.05) is 0 Å². The molecule has 0 aliphatic rings. The molecule has 0 amide bonds. The molecular weight excluding hydrogens is 244 g/mol. The molecule has 1 unspecified atom stereocenters. The van der Waals surface area contributed by atoms with Crippen LogP contribution in [0.3, 0.4) is 0 Å². The fourth-order valence-corrected chi connectivity index (χ4v) is 1.87. The lowest BCUT2D eigenvalue weighted by molar-refractivity contribution is 0.0599. The number of rotatable bonds is 6. The van der Waals surface area contributed by atoms with Gasteiger partial charge in [-0.2, -0.15) is 0 Å². The van der Waals surface area contributed by atoms with E-state index in [0.29, 0.717) is 29.4 Å². The first-order chi connectivity index (χ1) is 8.99. The predicted octanol–water partition coefficient (Wildman–Crippen LogP) is 2.00. The van der Waals surface area contributed by atoms with Crippen molar-refractivity contribution in [2.24, 2.45) is 5.92 Å². The second kappa shape index (κ2) is 7.09. The lowest BCUT2D eigenvalue weighted by Crippen LogP contribution is -2.27. The van der Waals surface area contributed by atoms with E-state index in [-0.39, 0.29) is 18.6 Å². The summed E-state index contributed by atoms with van der Waals surface area (Å²) in [4.78, 5) is 15.8. The van der Waals surface area contributed by atoms with Crippen LogP contribution in [0.5, 0.6) is 0 Å². The molecule has 0 bridgehead atoms. The summed E-state index contributed by atoms with van der Waals surface area (Å²) >= 11 is 0. The zero-order chi connectivity index (χ0) is 14.4. The highest BCUT2D eigenvalue weighted by Gasteiger charge is 2.15. The first kappa shape index (κ1) is 15.4. The fraction of sp³-hybridized carbons (Fsp3) is 0.571. The number of esters is 1. The summed E-state index contributed by atoms with van der Waals surface area (Å²) < 4.78 is 4.68. The minimum absolute atomic E-state index is 0.134. The van der Waals surface area contributed by atoms with E-state index in [2.05, 4.69) is 28.9 Å². The zero-order valence-corrected chi connectivity index (χ0v) is 11.9. The van der Waals surface area contributed by atoms with Crippen molar-refractivity contribution in [1.29, 1.82) is 0 Å². The van der Waals surface area contributed by atoms with Crippen LogP contribution < -0.4 is 5.32 Å². The maximum Gasteiger partial charge on any atom is 0.339 e. The third-order valence-electron chi connectivity index (χ3n) is 3.07. The molecule has 1 atom stereocenters. The maximum absolute atomic E-state index is 11.5. The van der Waals surface area contributed by atoms with Gasteiger partial charge in [-0.1, -0.05) is 13.8 Å². The van der Waals surface area contributed by atoms with Gasteiger partial charge >= 0.3 is 5.97 Å². The number of anilines is 1. The monoisotopic (exact) mass is 266 g/mol. The Morgan fingerprint density at radius 3 is 2.63 bits per heavy atom. The minimum Gasteiger partial charge on any atom is -0.465 e. The van der Waals surface area contributed by atoms with Crippen molar-refractivity contribution in [3.63, 3.8) is 0 Å². The van der Waals surface area contributed by atoms with E-state index in [0.717, 1.165) is 0 Å². The molecule has 0 radical (unpaired) electrons. The van der Waals surface area contributed by atoms with Crippen LogP contribution in [0.4, 0.5) is 5.82 Å². The topological polar surface area (TPSA) is 71.5 Å². The second-order valence-corrected chi connectivity index (χ2v) is 4.83. The molecule has 0 aliphatic heterocycles. The van der Waals surface area contributed by atoms with Gasteiger partial charge < -0.3 is 15.2 Å². The van der Waals surface area contributed by atoms with Crippen molar-refractivity contribution in [1.82, 2.24) is 4.98 Å². The summed E-state index contributed by atoms with van der Waals surface area (Å²) in [7, 11) is 1.35. The van der Waals surface area contributed by atoms with Gasteiger partial charge in [0, 0.05) is 12.6 Å². The molecule has 19 heavy (non-hydrogen) atoms. The lowest BCUT2D eigenvalue weighted by Gasteiger charge is -2.22. The van der Waals surface area contributed by atoms with Crippen LogP contribution in [0.15, 0.2) is 12.1 Å². The van der Waals surface area contributed by atoms with Gasteiger partial charge in [0.15, 0.2) is 0 Å². The molecule has 0 aliphatic carbocycles. The Morgan fingerprint density at radius 2 is 2.16 bits per heavy atom. The molecule has 1 rings (SSSR count). The Labute approximate surface area is 114 Å². The van der Waals surface area contributed by atoms with Crippen molar-refractivity contribution in [3.05, 3.63) is 23.4 Å². The van der Waals surface area contributed by atoms with Gasteiger partial charge in [-0.15, -0.1) is 0 Å². The van der Waals surface area contributed by atoms with E-state index >= 15 is 0 Å². The SMILES string of the molecule is COC(=O)c1ccc(NC(CCO)C(C)C)nc1C. The van der Waals surface area contributed by atoms with Crippen molar-refractivity contribution in [2.45, 2.75) is 33.2 Å². The average Bonchev–Trinajstić information content (AvgIpc) is 2.37. The van der Waals surface area contributed by atoms with Crippen LogP contribution in [-0.4, -0.2) is 35.8 Å². The first-order valence-corrected chi connectivity index (χ1v) is 6.43. The molecule has 0 fully saturated rings. The second-order valence-electron chi connectivity index (χ2n) is 4.83. The molecule has 1 heterocycles. The molecule has 1 aromatic heterocycles. The molecule has 0 aromatic carbocycles. The number of ether oxygens (including phenoxy) is 1. The molecule has 0 saturated carbocycles. The quantitative estimate of drug-likeness (QED) is 0.770. The van der Waals surface area contributed by atoms with Gasteiger partial charge in [0.25, 0.3) is 0 Å². The predicted molar refractivity (Wildman–Crippen MR) is 74.3 cm³/mol. The number of aryl methyl sites for hydroxylation is 1. The van der Waals surface area contributed by atoms with Crippen molar-refractivity contribution in [2.75, 3.05) is 19.0 Å². The molecule has 1 aromatic rings. The maximum atomic E-state index is 11.5. The van der Waals surface area contributed by atoms with Gasteiger partial charge in [0.1, 0.15) is 5.82 Å². The molecule has 0 saturated heterocycles. The Morgan fingerprint density at radius 1 is 1.47 bits per heavy atom. The summed E-state index contributed by atoms with van der Waals surface area (Å²) in [6, 6.07) is 3.61. The Balaban J connectivity index is 2.85. The smallest absolute Gasteiger partial charge is 0.339 e. The van der Waals surface area contributed by atoms with E-state index in [9.17, 15) is 4.79 Å². The van der Waals surface area contributed by atoms with Crippen molar-refractivity contribution in [3.8, 4) is 0 Å². The largest absolute Gasteiger partial charge is 0.465 e. The number of aliphatic hydroxyl groups excluding tert-OH is 1. The van der Waals surface area contributed by atoms with Gasteiger partial charge in [0.2, 0.25) is 0 Å². The number of pyridine rings is 1. The van der Waals surface area contributed by atoms with Crippen molar-refractivity contribution < 1.29 is 14.6 Å². The number of methoxy groups -OCH3 is 1. The third-order valence-corrected chi connectivity index (χ3v) is 3.07. The van der Waals surface area contributed by atoms with E-state index < -0.39 is 0 Å². The number of aliphatic hydroxyl groups is 1. The normalized spacial score (nSPS) is 12.3. The van der Waals surface area contributed by atoms with Gasteiger partial charge in [-0.3, -0.25) is 0 Å². The molecule has 5 heteroatoms. The molecule has 106 valence electrons. The van der Waals surface area contributed by atoms with Crippen LogP contribution in [0.1, 0.15) is 36.3 Å². The van der Waals surface area contributed by atoms with Gasteiger partial charge in [-0.25, -0.2) is 9.78 Å². The first-order valence-electron chi connectivity index (χ1n) is 6.43. The standard InChI is InChI=1S/C14H22N2O3/c1-9(2)12(7-8-17)16-13-6-5-11(10(3)15-13)14(18)19-4/h5-6,9,12,17H,7-8H2,1-4H3,(H,15,16). The molecule has 5 nitrogen and oxygen atoms in total. The van der Waals surface area contributed by atoms with Crippen LogP contribution >= 0.6 is 0 Å². The summed E-state index contributed by atoms with van der Waals surface area (Å²) in [5.41, 5.74) is 1.10. The lowest BCUT2D eigenvalue weighted by atomic mass is 10.0. The van der Waals surface area contributed by atoms with Crippen LogP contribution in [0.25, 0.3) is 0 Å². The van der Waals surface area contributed by atoms with E-state index in [1.165, 1.54) is 7.11 Å². The fourth-order valence-electron chi connectivity index (χ4n) is 1.87. The highest BCUT2D eigenvalue weighted by molar-refractivity contribution is 5.90. The average molecular weight is 266 g/mol. The highest BCUT2D eigenvalue weighted by atomic mass is 16.5.